The van der Waals surface area contributed by atoms with E-state index in [0.29, 0.717) is 24.5 Å². The molecule has 1 heterocycles. The van der Waals surface area contributed by atoms with Crippen molar-refractivity contribution in [2.75, 3.05) is 13.6 Å². The Kier molecular flexibility index (Phi) is 5.29. The molecule has 0 radical (unpaired) electrons. The van der Waals surface area contributed by atoms with Crippen LogP contribution in [0, 0.1) is 0 Å². The van der Waals surface area contributed by atoms with Gasteiger partial charge in [-0.25, -0.2) is 0 Å². The minimum Gasteiger partial charge on any atom is -0.457 e. The van der Waals surface area contributed by atoms with Crippen LogP contribution in [0.25, 0.3) is 0 Å². The van der Waals surface area contributed by atoms with Gasteiger partial charge in [-0.3, -0.25) is 9.78 Å². The van der Waals surface area contributed by atoms with Crippen LogP contribution in [0.5, 0.6) is 11.5 Å². The first-order chi connectivity index (χ1) is 10.2. The third-order valence-corrected chi connectivity index (χ3v) is 2.87. The van der Waals surface area contributed by atoms with Gasteiger partial charge in [-0.15, -0.1) is 0 Å². The Morgan fingerprint density at radius 1 is 1.29 bits per heavy atom. The number of rotatable bonds is 6. The van der Waals surface area contributed by atoms with Crippen LogP contribution in [0.15, 0.2) is 42.6 Å². The second-order valence-electron chi connectivity index (χ2n) is 4.48. The van der Waals surface area contributed by atoms with Crippen molar-refractivity contribution in [3.63, 3.8) is 0 Å². The molecule has 0 unspecified atom stereocenters. The normalized spacial score (nSPS) is 10.2. The first kappa shape index (κ1) is 15.0. The van der Waals surface area contributed by atoms with Gasteiger partial charge in [0.1, 0.15) is 17.2 Å². The largest absolute Gasteiger partial charge is 0.457 e. The van der Waals surface area contributed by atoms with E-state index in [4.69, 9.17) is 4.74 Å². The van der Waals surface area contributed by atoms with Gasteiger partial charge in [-0.1, -0.05) is 18.2 Å². The number of carbonyl (C=O) groups excluding carboxylic acids is 1. The number of carbonyl (C=O) groups is 1. The highest BCUT2D eigenvalue weighted by atomic mass is 16.5. The lowest BCUT2D eigenvalue weighted by Gasteiger charge is -2.11. The van der Waals surface area contributed by atoms with Gasteiger partial charge < -0.3 is 15.4 Å². The molecule has 21 heavy (non-hydrogen) atoms. The molecule has 110 valence electrons. The zero-order valence-corrected chi connectivity index (χ0v) is 12.2. The third-order valence-electron chi connectivity index (χ3n) is 2.87. The minimum atomic E-state index is -0.202. The topological polar surface area (TPSA) is 63.2 Å². The quantitative estimate of drug-likeness (QED) is 0.855. The Bertz CT molecular complexity index is 614. The Balaban J connectivity index is 2.20. The number of nitrogens with zero attached hydrogens (tertiary/aromatic N) is 1. The van der Waals surface area contributed by atoms with E-state index in [9.17, 15) is 4.79 Å². The van der Waals surface area contributed by atoms with Crippen LogP contribution in [-0.4, -0.2) is 24.5 Å². The van der Waals surface area contributed by atoms with E-state index < -0.39 is 0 Å². The number of pyridine rings is 1. The zero-order valence-electron chi connectivity index (χ0n) is 12.2. The van der Waals surface area contributed by atoms with Gasteiger partial charge in [0.15, 0.2) is 0 Å². The van der Waals surface area contributed by atoms with Crippen LogP contribution in [0.2, 0.25) is 0 Å². The van der Waals surface area contributed by atoms with E-state index in [-0.39, 0.29) is 5.91 Å². The monoisotopic (exact) mass is 285 g/mol. The van der Waals surface area contributed by atoms with Crippen molar-refractivity contribution in [3.05, 3.63) is 53.9 Å². The molecule has 0 atom stereocenters. The fourth-order valence-electron chi connectivity index (χ4n) is 1.92. The van der Waals surface area contributed by atoms with Crippen molar-refractivity contribution in [3.8, 4) is 11.5 Å². The number of aromatic nitrogens is 1. The first-order valence-electron chi connectivity index (χ1n) is 6.89. The van der Waals surface area contributed by atoms with Gasteiger partial charge in [0, 0.05) is 30.9 Å². The van der Waals surface area contributed by atoms with Gasteiger partial charge in [0.05, 0.1) is 0 Å². The summed E-state index contributed by atoms with van der Waals surface area (Å²) in [5.41, 5.74) is 1.40. The zero-order chi connectivity index (χ0) is 15.1. The van der Waals surface area contributed by atoms with Crippen LogP contribution in [-0.2, 0) is 6.54 Å². The summed E-state index contributed by atoms with van der Waals surface area (Å²) < 4.78 is 5.87. The summed E-state index contributed by atoms with van der Waals surface area (Å²) in [4.78, 5) is 15.8. The third kappa shape index (κ3) is 4.03. The second kappa shape index (κ2) is 7.40. The molecular weight excluding hydrogens is 266 g/mol. The molecule has 0 aliphatic carbocycles. The van der Waals surface area contributed by atoms with Crippen molar-refractivity contribution in [2.24, 2.45) is 0 Å². The highest BCUT2D eigenvalue weighted by molar-refractivity contribution is 5.92. The summed E-state index contributed by atoms with van der Waals surface area (Å²) in [6.07, 6.45) is 1.57. The number of nitrogens with one attached hydrogen (secondary N) is 2. The Labute approximate surface area is 124 Å². The van der Waals surface area contributed by atoms with E-state index in [0.717, 1.165) is 11.3 Å². The molecule has 2 aromatic rings. The van der Waals surface area contributed by atoms with Crippen molar-refractivity contribution in [2.45, 2.75) is 13.5 Å². The summed E-state index contributed by atoms with van der Waals surface area (Å²) in [5.74, 6) is 1.15. The highest BCUT2D eigenvalue weighted by Gasteiger charge is 2.09. The summed E-state index contributed by atoms with van der Waals surface area (Å²) in [6, 6.07) is 11.2. The van der Waals surface area contributed by atoms with Crippen molar-refractivity contribution in [1.29, 1.82) is 0 Å². The molecule has 0 aliphatic rings. The lowest BCUT2D eigenvalue weighted by Crippen LogP contribution is -2.23. The van der Waals surface area contributed by atoms with Gasteiger partial charge >= 0.3 is 0 Å². The number of benzene rings is 1. The van der Waals surface area contributed by atoms with Gasteiger partial charge in [-0.2, -0.15) is 0 Å². The molecule has 0 saturated heterocycles. The van der Waals surface area contributed by atoms with E-state index in [1.165, 1.54) is 0 Å². The standard InChI is InChI=1S/C16H19N3O2/c1-3-18-16(20)14-10-13(8-9-19-14)21-15-7-5-4-6-12(15)11-17-2/h4-10,17H,3,11H2,1-2H3,(H,18,20). The molecule has 5 nitrogen and oxygen atoms in total. The molecule has 0 saturated carbocycles. The maximum atomic E-state index is 11.8. The molecule has 2 rings (SSSR count). The van der Waals surface area contributed by atoms with Gasteiger partial charge in [-0.05, 0) is 26.1 Å². The maximum absolute atomic E-state index is 11.8. The fourth-order valence-corrected chi connectivity index (χ4v) is 1.92. The van der Waals surface area contributed by atoms with E-state index >= 15 is 0 Å². The predicted molar refractivity (Wildman–Crippen MR) is 81.5 cm³/mol. The number of ether oxygens (including phenoxy) is 1. The number of amides is 1. The Hall–Kier alpha value is -2.40. The van der Waals surface area contributed by atoms with Crippen molar-refractivity contribution in [1.82, 2.24) is 15.6 Å². The molecule has 0 spiro atoms. The van der Waals surface area contributed by atoms with Crippen molar-refractivity contribution >= 4 is 5.91 Å². The molecule has 0 aliphatic heterocycles. The molecular formula is C16H19N3O2. The minimum absolute atomic E-state index is 0.202. The molecule has 5 heteroatoms. The summed E-state index contributed by atoms with van der Waals surface area (Å²) >= 11 is 0. The average molecular weight is 285 g/mol. The van der Waals surface area contributed by atoms with E-state index in [1.54, 1.807) is 18.3 Å². The molecule has 0 fully saturated rings. The lowest BCUT2D eigenvalue weighted by molar-refractivity contribution is 0.0950. The number of hydrogen-bond donors (Lipinski definition) is 2. The molecule has 0 bridgehead atoms. The smallest absolute Gasteiger partial charge is 0.270 e. The molecule has 2 N–H and O–H groups in total. The Morgan fingerprint density at radius 2 is 2.10 bits per heavy atom. The molecule has 1 aromatic heterocycles. The first-order valence-corrected chi connectivity index (χ1v) is 6.89. The van der Waals surface area contributed by atoms with Crippen LogP contribution in [0.4, 0.5) is 0 Å². The molecule has 1 amide bonds. The molecule has 1 aromatic carbocycles. The fraction of sp³-hybridized carbons (Fsp3) is 0.250. The second-order valence-corrected chi connectivity index (χ2v) is 4.48. The van der Waals surface area contributed by atoms with Crippen LogP contribution < -0.4 is 15.4 Å². The van der Waals surface area contributed by atoms with E-state index in [1.807, 2.05) is 38.2 Å². The number of hydrogen-bond acceptors (Lipinski definition) is 4. The van der Waals surface area contributed by atoms with Gasteiger partial charge in [0.25, 0.3) is 5.91 Å². The van der Waals surface area contributed by atoms with Crippen LogP contribution in [0.1, 0.15) is 23.0 Å². The van der Waals surface area contributed by atoms with E-state index in [2.05, 4.69) is 15.6 Å². The van der Waals surface area contributed by atoms with Crippen molar-refractivity contribution < 1.29 is 9.53 Å². The average Bonchev–Trinajstić information content (AvgIpc) is 2.50. The predicted octanol–water partition coefficient (Wildman–Crippen LogP) is 2.34. The maximum Gasteiger partial charge on any atom is 0.270 e. The van der Waals surface area contributed by atoms with Gasteiger partial charge in [0.2, 0.25) is 0 Å². The summed E-state index contributed by atoms with van der Waals surface area (Å²) in [7, 11) is 1.89. The number of para-hydroxylation sites is 1. The van der Waals surface area contributed by atoms with Crippen LogP contribution >= 0.6 is 0 Å². The lowest BCUT2D eigenvalue weighted by atomic mass is 10.2. The highest BCUT2D eigenvalue weighted by Crippen LogP contribution is 2.25. The van der Waals surface area contributed by atoms with Crippen LogP contribution in [0.3, 0.4) is 0 Å². The Morgan fingerprint density at radius 3 is 2.86 bits per heavy atom. The summed E-state index contributed by atoms with van der Waals surface area (Å²) in [5, 5.41) is 5.82. The SMILES string of the molecule is CCNC(=O)c1cc(Oc2ccccc2CNC)ccn1. The summed E-state index contributed by atoms with van der Waals surface area (Å²) in [6.45, 7) is 3.15.